The molecule has 19 heavy (non-hydrogen) atoms. The van der Waals surface area contributed by atoms with E-state index in [1.807, 2.05) is 0 Å². The van der Waals surface area contributed by atoms with Gasteiger partial charge in [-0.25, -0.2) is 9.97 Å². The molecule has 2 rings (SSSR count). The van der Waals surface area contributed by atoms with Crippen molar-refractivity contribution in [2.24, 2.45) is 0 Å². The molecule has 2 N–H and O–H groups in total. The van der Waals surface area contributed by atoms with E-state index in [0.29, 0.717) is 17.8 Å². The zero-order valence-electron chi connectivity index (χ0n) is 10.9. The molecular formula is C12H15N5O2. The van der Waals surface area contributed by atoms with Crippen LogP contribution in [0, 0.1) is 0 Å². The van der Waals surface area contributed by atoms with Gasteiger partial charge in [-0.05, 0) is 6.42 Å². The molecule has 7 nitrogen and oxygen atoms in total. The molecule has 7 heteroatoms. The molecule has 0 unspecified atom stereocenters. The Bertz CT molecular complexity index is 614. The minimum Gasteiger partial charge on any atom is -0.476 e. The van der Waals surface area contributed by atoms with E-state index in [-0.39, 0.29) is 23.3 Å². The van der Waals surface area contributed by atoms with Gasteiger partial charge in [0.05, 0.1) is 12.8 Å². The Morgan fingerprint density at radius 3 is 2.84 bits per heavy atom. The van der Waals surface area contributed by atoms with Crippen LogP contribution in [0.1, 0.15) is 37.2 Å². The lowest BCUT2D eigenvalue weighted by molar-refractivity contribution is 0.101. The summed E-state index contributed by atoms with van der Waals surface area (Å²) >= 11 is 0. The van der Waals surface area contributed by atoms with Crippen LogP contribution >= 0.6 is 0 Å². The first kappa shape index (κ1) is 13.1. The van der Waals surface area contributed by atoms with E-state index in [1.165, 1.54) is 13.1 Å². The quantitative estimate of drug-likeness (QED) is 0.640. The Balaban J connectivity index is 2.46. The second-order valence-electron chi connectivity index (χ2n) is 4.07. The maximum Gasteiger partial charge on any atom is 0.247 e. The van der Waals surface area contributed by atoms with Gasteiger partial charge in [0.2, 0.25) is 11.8 Å². The lowest BCUT2D eigenvalue weighted by Crippen LogP contribution is -2.07. The van der Waals surface area contributed by atoms with Crippen molar-refractivity contribution >= 4 is 22.9 Å². The number of ether oxygens (including phenoxy) is 1. The molecule has 0 aliphatic rings. The van der Waals surface area contributed by atoms with Crippen molar-refractivity contribution in [1.82, 2.24) is 19.9 Å². The summed E-state index contributed by atoms with van der Waals surface area (Å²) in [6, 6.07) is 0. The van der Waals surface area contributed by atoms with Crippen LogP contribution in [0.2, 0.25) is 0 Å². The molecule has 2 aromatic heterocycles. The van der Waals surface area contributed by atoms with E-state index in [2.05, 4.69) is 26.9 Å². The highest BCUT2D eigenvalue weighted by molar-refractivity contribution is 5.93. The summed E-state index contributed by atoms with van der Waals surface area (Å²) in [5.74, 6) is 0.168. The van der Waals surface area contributed by atoms with E-state index in [9.17, 15) is 4.79 Å². The molecule has 2 heterocycles. The first-order valence-electron chi connectivity index (χ1n) is 6.05. The number of anilines is 1. The second kappa shape index (κ2) is 5.55. The standard InChI is InChI=1S/C12H15N5O2/c1-3-4-5-19-11-9-10(16-12(13)17-11)14-6-8(15-9)7(2)18/h6H,3-5H2,1-2H3,(H2,13,14,16,17). The Kier molecular flexibility index (Phi) is 3.84. The average molecular weight is 261 g/mol. The number of nitrogens with two attached hydrogens (primary N) is 1. The Hall–Kier alpha value is -2.31. The number of aromatic nitrogens is 4. The first-order valence-corrected chi connectivity index (χ1v) is 6.05. The smallest absolute Gasteiger partial charge is 0.247 e. The highest BCUT2D eigenvalue weighted by Gasteiger charge is 2.12. The van der Waals surface area contributed by atoms with Crippen molar-refractivity contribution in [3.63, 3.8) is 0 Å². The maximum absolute atomic E-state index is 11.3. The van der Waals surface area contributed by atoms with Gasteiger partial charge in [0.25, 0.3) is 0 Å². The molecule has 0 saturated heterocycles. The number of nitrogen functional groups attached to an aromatic ring is 1. The van der Waals surface area contributed by atoms with Gasteiger partial charge in [-0.15, -0.1) is 0 Å². The Morgan fingerprint density at radius 1 is 1.37 bits per heavy atom. The van der Waals surface area contributed by atoms with Crippen LogP contribution in [0.4, 0.5) is 5.95 Å². The van der Waals surface area contributed by atoms with E-state index in [4.69, 9.17) is 10.5 Å². The molecule has 0 saturated carbocycles. The van der Waals surface area contributed by atoms with E-state index in [0.717, 1.165) is 12.8 Å². The third-order valence-electron chi connectivity index (χ3n) is 2.49. The number of carbonyl (C=O) groups is 1. The number of rotatable bonds is 5. The minimum atomic E-state index is -0.175. The Morgan fingerprint density at radius 2 is 2.16 bits per heavy atom. The highest BCUT2D eigenvalue weighted by atomic mass is 16.5. The molecule has 0 aliphatic heterocycles. The van der Waals surface area contributed by atoms with Gasteiger partial charge in [0.1, 0.15) is 5.69 Å². The van der Waals surface area contributed by atoms with Gasteiger partial charge < -0.3 is 10.5 Å². The van der Waals surface area contributed by atoms with Crippen LogP contribution in [-0.2, 0) is 0 Å². The van der Waals surface area contributed by atoms with Crippen molar-refractivity contribution in [1.29, 1.82) is 0 Å². The van der Waals surface area contributed by atoms with Crippen LogP contribution in [-0.4, -0.2) is 32.3 Å². The zero-order chi connectivity index (χ0) is 13.8. The lowest BCUT2D eigenvalue weighted by atomic mass is 10.3. The number of hydrogen-bond acceptors (Lipinski definition) is 7. The molecule has 0 amide bonds. The number of Topliss-reactive ketones (excluding diaryl/α,β-unsaturated/α-hetero) is 1. The summed E-state index contributed by atoms with van der Waals surface area (Å²) in [6.45, 7) is 3.99. The summed E-state index contributed by atoms with van der Waals surface area (Å²) in [5, 5.41) is 0. The van der Waals surface area contributed by atoms with Gasteiger partial charge >= 0.3 is 0 Å². The normalized spacial score (nSPS) is 10.6. The third kappa shape index (κ3) is 2.93. The highest BCUT2D eigenvalue weighted by Crippen LogP contribution is 2.20. The zero-order valence-corrected chi connectivity index (χ0v) is 10.9. The van der Waals surface area contributed by atoms with E-state index in [1.54, 1.807) is 0 Å². The average Bonchev–Trinajstić information content (AvgIpc) is 2.38. The topological polar surface area (TPSA) is 104 Å². The van der Waals surface area contributed by atoms with Crippen LogP contribution in [0.5, 0.6) is 5.88 Å². The van der Waals surface area contributed by atoms with Crippen LogP contribution < -0.4 is 10.5 Å². The van der Waals surface area contributed by atoms with Gasteiger partial charge in [-0.2, -0.15) is 9.97 Å². The number of carbonyl (C=O) groups excluding carboxylic acids is 1. The Labute approximate surface area is 110 Å². The largest absolute Gasteiger partial charge is 0.476 e. The molecule has 0 aromatic carbocycles. The predicted octanol–water partition coefficient (Wildman–Crippen LogP) is 1.38. The molecule has 0 spiro atoms. The molecule has 0 bridgehead atoms. The molecule has 0 radical (unpaired) electrons. The molecule has 2 aromatic rings. The predicted molar refractivity (Wildman–Crippen MR) is 69.9 cm³/mol. The number of fused-ring (bicyclic) bond motifs is 1. The fourth-order valence-electron chi connectivity index (χ4n) is 1.48. The number of nitrogens with zero attached hydrogens (tertiary/aromatic N) is 4. The number of ketones is 1. The monoisotopic (exact) mass is 261 g/mol. The molecular weight excluding hydrogens is 246 g/mol. The molecule has 0 fully saturated rings. The van der Waals surface area contributed by atoms with Crippen molar-refractivity contribution in [2.75, 3.05) is 12.3 Å². The van der Waals surface area contributed by atoms with Crippen molar-refractivity contribution < 1.29 is 9.53 Å². The summed E-state index contributed by atoms with van der Waals surface area (Å²) in [5.41, 5.74) is 6.52. The van der Waals surface area contributed by atoms with E-state index >= 15 is 0 Å². The fourth-order valence-corrected chi connectivity index (χ4v) is 1.48. The fraction of sp³-hybridized carbons (Fsp3) is 0.417. The first-order chi connectivity index (χ1) is 9.11. The summed E-state index contributed by atoms with van der Waals surface area (Å²) in [7, 11) is 0. The van der Waals surface area contributed by atoms with Crippen molar-refractivity contribution in [2.45, 2.75) is 26.7 Å². The molecule has 0 atom stereocenters. The van der Waals surface area contributed by atoms with Gasteiger partial charge in [0.15, 0.2) is 16.9 Å². The van der Waals surface area contributed by atoms with Gasteiger partial charge in [-0.3, -0.25) is 4.79 Å². The second-order valence-corrected chi connectivity index (χ2v) is 4.07. The minimum absolute atomic E-state index is 0.0730. The van der Waals surface area contributed by atoms with Crippen molar-refractivity contribution in [3.05, 3.63) is 11.9 Å². The SMILES string of the molecule is CCCCOc1nc(N)nc2ncc(C(C)=O)nc12. The maximum atomic E-state index is 11.3. The van der Waals surface area contributed by atoms with Gasteiger partial charge in [-0.1, -0.05) is 13.3 Å². The van der Waals surface area contributed by atoms with E-state index < -0.39 is 0 Å². The van der Waals surface area contributed by atoms with Crippen LogP contribution in [0.15, 0.2) is 6.20 Å². The van der Waals surface area contributed by atoms with Gasteiger partial charge in [0, 0.05) is 6.92 Å². The third-order valence-corrected chi connectivity index (χ3v) is 2.49. The lowest BCUT2D eigenvalue weighted by Gasteiger charge is -2.07. The number of unbranched alkanes of at least 4 members (excludes halogenated alkanes) is 1. The van der Waals surface area contributed by atoms with Crippen molar-refractivity contribution in [3.8, 4) is 5.88 Å². The summed E-state index contributed by atoms with van der Waals surface area (Å²) < 4.78 is 5.53. The van der Waals surface area contributed by atoms with Crippen LogP contribution in [0.25, 0.3) is 11.2 Å². The van der Waals surface area contributed by atoms with Crippen LogP contribution in [0.3, 0.4) is 0 Å². The molecule has 0 aliphatic carbocycles. The number of hydrogen-bond donors (Lipinski definition) is 1. The summed E-state index contributed by atoms with van der Waals surface area (Å²) in [6.07, 6.45) is 3.26. The summed E-state index contributed by atoms with van der Waals surface area (Å²) in [4.78, 5) is 27.5. The molecule has 100 valence electrons.